The number of hydrogen-bond acceptors (Lipinski definition) is 0. The molecule has 0 amide bonds. The van der Waals surface area contributed by atoms with E-state index in [2.05, 4.69) is 104 Å². The van der Waals surface area contributed by atoms with Gasteiger partial charge in [-0.25, -0.2) is 0 Å². The van der Waals surface area contributed by atoms with Crippen LogP contribution < -0.4 is 0 Å². The smallest absolute Gasteiger partial charge is 0.00360 e. The monoisotopic (exact) mass is 466 g/mol. The van der Waals surface area contributed by atoms with E-state index in [1.54, 1.807) is 12.0 Å². The first kappa shape index (κ1) is 21.0. The van der Waals surface area contributed by atoms with E-state index in [4.69, 9.17) is 0 Å². The SMILES string of the molecule is Cc1ccc(-c2ccc(-c3ccc(C45CC6CC7CC(C4)C7(C6)C5)cc3)cc2)cc1-c1ccccc1. The summed E-state index contributed by atoms with van der Waals surface area (Å²) in [6.07, 6.45) is 9.05. The summed E-state index contributed by atoms with van der Waals surface area (Å²) in [4.78, 5) is 0. The van der Waals surface area contributed by atoms with E-state index in [0.717, 1.165) is 23.2 Å². The molecule has 4 saturated carbocycles. The van der Waals surface area contributed by atoms with Crippen LogP contribution in [0.2, 0.25) is 0 Å². The Labute approximate surface area is 215 Å². The van der Waals surface area contributed by atoms with Crippen LogP contribution in [-0.2, 0) is 5.41 Å². The highest BCUT2D eigenvalue weighted by molar-refractivity contribution is 5.77. The van der Waals surface area contributed by atoms with Gasteiger partial charge in [-0.3, -0.25) is 0 Å². The van der Waals surface area contributed by atoms with E-state index in [9.17, 15) is 0 Å². The molecule has 36 heavy (non-hydrogen) atoms. The molecule has 1 spiro atoms. The summed E-state index contributed by atoms with van der Waals surface area (Å²) in [6.45, 7) is 2.20. The van der Waals surface area contributed by atoms with Crippen LogP contribution >= 0.6 is 0 Å². The van der Waals surface area contributed by atoms with Crippen molar-refractivity contribution in [3.63, 3.8) is 0 Å². The summed E-state index contributed by atoms with van der Waals surface area (Å²) in [5, 5.41) is 0. The van der Waals surface area contributed by atoms with Crippen LogP contribution in [0.15, 0.2) is 97.1 Å². The highest BCUT2D eigenvalue weighted by Crippen LogP contribution is 2.78. The van der Waals surface area contributed by atoms with Gasteiger partial charge in [0.05, 0.1) is 0 Å². The van der Waals surface area contributed by atoms with Crippen LogP contribution in [0.1, 0.15) is 49.7 Å². The largest absolute Gasteiger partial charge is 0.0622 e. The third-order valence-corrected chi connectivity index (χ3v) is 10.8. The maximum absolute atomic E-state index is 2.48. The van der Waals surface area contributed by atoms with Gasteiger partial charge in [-0.15, -0.1) is 0 Å². The van der Waals surface area contributed by atoms with Gasteiger partial charge in [0.1, 0.15) is 0 Å². The van der Waals surface area contributed by atoms with Gasteiger partial charge in [0.15, 0.2) is 0 Å². The number of rotatable bonds is 4. The van der Waals surface area contributed by atoms with Crippen molar-refractivity contribution in [2.24, 2.45) is 23.2 Å². The Kier molecular flexibility index (Phi) is 4.35. The predicted molar refractivity (Wildman–Crippen MR) is 150 cm³/mol. The summed E-state index contributed by atoms with van der Waals surface area (Å²) in [5.41, 5.74) is 12.0. The lowest BCUT2D eigenvalue weighted by Crippen LogP contribution is -2.42. The van der Waals surface area contributed by atoms with Gasteiger partial charge < -0.3 is 0 Å². The fourth-order valence-corrected chi connectivity index (χ4v) is 9.30. The van der Waals surface area contributed by atoms with Gasteiger partial charge in [-0.05, 0) is 125 Å². The van der Waals surface area contributed by atoms with Crippen molar-refractivity contribution in [2.45, 2.75) is 50.9 Å². The van der Waals surface area contributed by atoms with E-state index in [-0.39, 0.29) is 0 Å². The Morgan fingerprint density at radius 1 is 0.583 bits per heavy atom. The number of hydrogen-bond donors (Lipinski definition) is 0. The van der Waals surface area contributed by atoms with Crippen LogP contribution in [0.3, 0.4) is 0 Å². The van der Waals surface area contributed by atoms with Gasteiger partial charge in [-0.1, -0.05) is 91.0 Å². The molecule has 0 N–H and O–H groups in total. The summed E-state index contributed by atoms with van der Waals surface area (Å²) >= 11 is 0. The molecular weight excluding hydrogens is 432 g/mol. The second kappa shape index (κ2) is 7.45. The maximum Gasteiger partial charge on any atom is -0.00360 e. The summed E-state index contributed by atoms with van der Waals surface area (Å²) in [6, 6.07) is 36.5. The van der Waals surface area contributed by atoms with Gasteiger partial charge in [0.2, 0.25) is 0 Å². The van der Waals surface area contributed by atoms with Crippen molar-refractivity contribution in [3.05, 3.63) is 108 Å². The summed E-state index contributed by atoms with van der Waals surface area (Å²) < 4.78 is 0. The van der Waals surface area contributed by atoms with Crippen LogP contribution in [0.25, 0.3) is 33.4 Å². The maximum atomic E-state index is 2.48. The van der Waals surface area contributed by atoms with Crippen molar-refractivity contribution in [1.29, 1.82) is 0 Å². The standard InChI is InChI=1S/C36H34/c1-24-7-8-30(18-34(24)29-5-3-2-4-6-29)28-11-9-26(10-12-28)27-13-15-31(16-14-27)35-20-25-17-32-19-33(22-35)36(32,21-25)23-35/h2-16,18,25,32-33H,17,19-23H2,1H3. The summed E-state index contributed by atoms with van der Waals surface area (Å²) in [7, 11) is 0. The molecule has 4 aromatic rings. The molecule has 5 atom stereocenters. The highest BCUT2D eigenvalue weighted by Gasteiger charge is 2.70. The molecule has 0 radical (unpaired) electrons. The fraction of sp³-hybridized carbons (Fsp3) is 0.333. The molecule has 8 rings (SSSR count). The average molecular weight is 467 g/mol. The molecule has 0 aromatic heterocycles. The first-order valence-corrected chi connectivity index (χ1v) is 14.0. The predicted octanol–water partition coefficient (Wildman–Crippen LogP) is 9.46. The molecule has 4 aromatic carbocycles. The third kappa shape index (κ3) is 2.94. The average Bonchev–Trinajstić information content (AvgIpc) is 3.24. The van der Waals surface area contributed by atoms with Crippen molar-refractivity contribution in [2.75, 3.05) is 0 Å². The van der Waals surface area contributed by atoms with Crippen molar-refractivity contribution >= 4 is 0 Å². The molecule has 0 nitrogen and oxygen atoms in total. The van der Waals surface area contributed by atoms with E-state index >= 15 is 0 Å². The zero-order valence-corrected chi connectivity index (χ0v) is 21.2. The number of aryl methyl sites for hydroxylation is 1. The Morgan fingerprint density at radius 2 is 1.25 bits per heavy atom. The van der Waals surface area contributed by atoms with Gasteiger partial charge >= 0.3 is 0 Å². The highest BCUT2D eigenvalue weighted by atomic mass is 14.7. The van der Waals surface area contributed by atoms with Crippen LogP contribution in [0.4, 0.5) is 0 Å². The number of benzene rings is 4. The Balaban J connectivity index is 1.06. The first-order valence-electron chi connectivity index (χ1n) is 14.0. The normalized spacial score (nSPS) is 31.3. The zero-order chi connectivity index (χ0) is 23.9. The lowest BCUT2D eigenvalue weighted by atomic mass is 9.55. The lowest BCUT2D eigenvalue weighted by Gasteiger charge is -2.49. The van der Waals surface area contributed by atoms with Gasteiger partial charge in [-0.2, -0.15) is 0 Å². The lowest BCUT2D eigenvalue weighted by molar-refractivity contribution is -0.000160. The van der Waals surface area contributed by atoms with E-state index in [0.29, 0.717) is 5.41 Å². The molecule has 4 fully saturated rings. The first-order chi connectivity index (χ1) is 17.6. The third-order valence-electron chi connectivity index (χ3n) is 10.8. The quantitative estimate of drug-likeness (QED) is 0.281. The van der Waals surface area contributed by atoms with Crippen LogP contribution in [0.5, 0.6) is 0 Å². The van der Waals surface area contributed by atoms with Gasteiger partial charge in [0, 0.05) is 0 Å². The molecule has 0 aliphatic heterocycles. The zero-order valence-electron chi connectivity index (χ0n) is 21.2. The van der Waals surface area contributed by atoms with Crippen molar-refractivity contribution < 1.29 is 0 Å². The second-order valence-corrected chi connectivity index (χ2v) is 12.6. The Hall–Kier alpha value is -3.12. The van der Waals surface area contributed by atoms with E-state index in [1.165, 1.54) is 71.0 Å². The molecule has 0 heterocycles. The molecule has 4 aliphatic rings. The molecular formula is C36H34. The number of fused-ring (bicyclic) bond motifs is 2. The molecule has 0 saturated heterocycles. The van der Waals surface area contributed by atoms with Crippen LogP contribution in [0, 0.1) is 30.1 Å². The van der Waals surface area contributed by atoms with Crippen molar-refractivity contribution in [1.82, 2.24) is 0 Å². The van der Waals surface area contributed by atoms with E-state index < -0.39 is 0 Å². The fourth-order valence-electron chi connectivity index (χ4n) is 9.30. The molecule has 3 bridgehead atoms. The molecule has 4 aliphatic carbocycles. The minimum absolute atomic E-state index is 0.489. The molecule has 0 heteroatoms. The van der Waals surface area contributed by atoms with Crippen LogP contribution in [-0.4, -0.2) is 0 Å². The molecule has 178 valence electrons. The Bertz CT molecular complexity index is 1440. The van der Waals surface area contributed by atoms with Crippen molar-refractivity contribution in [3.8, 4) is 33.4 Å². The van der Waals surface area contributed by atoms with Gasteiger partial charge in [0.25, 0.3) is 0 Å². The second-order valence-electron chi connectivity index (χ2n) is 12.6. The minimum atomic E-state index is 0.489. The van der Waals surface area contributed by atoms with E-state index in [1.807, 2.05) is 0 Å². The topological polar surface area (TPSA) is 0 Å². The summed E-state index contributed by atoms with van der Waals surface area (Å²) in [5.74, 6) is 3.12. The Morgan fingerprint density at radius 3 is 2.00 bits per heavy atom. The minimum Gasteiger partial charge on any atom is -0.0622 e. The molecule has 5 unspecified atom stereocenters.